The maximum Gasteiger partial charge on any atom is 0.0603 e. The average Bonchev–Trinajstić information content (AvgIpc) is 1.92. The zero-order chi connectivity index (χ0) is 14.5. The second kappa shape index (κ2) is 5.54. The molecule has 1 aliphatic heterocycles. The largest absolute Gasteiger partial charge is 0.288 e. The standard InChI is InChI=1S/C12H32N2P2Si2/c1-13(2)15-11(17(5,6)7)16(14(3)4)12(15)18(8,9)10/h11-12H,1-10H3. The predicted molar refractivity (Wildman–Crippen MR) is 95.5 cm³/mol. The monoisotopic (exact) mass is 322 g/mol. The van der Waals surface area contributed by atoms with Crippen LogP contribution in [0.15, 0.2) is 0 Å². The van der Waals surface area contributed by atoms with Crippen LogP contribution in [0.2, 0.25) is 39.3 Å². The van der Waals surface area contributed by atoms with Gasteiger partial charge in [0.15, 0.2) is 0 Å². The number of rotatable bonds is 4. The molecule has 0 spiro atoms. The highest BCUT2D eigenvalue weighted by Gasteiger charge is 2.60. The van der Waals surface area contributed by atoms with E-state index in [1.165, 1.54) is 0 Å². The fourth-order valence-electron chi connectivity index (χ4n) is 2.90. The minimum atomic E-state index is -1.05. The van der Waals surface area contributed by atoms with Crippen LogP contribution in [0.5, 0.6) is 0 Å². The second-order valence-corrected chi connectivity index (χ2v) is 26.5. The molecule has 0 amide bonds. The maximum atomic E-state index is 2.60. The van der Waals surface area contributed by atoms with Crippen LogP contribution in [0.25, 0.3) is 0 Å². The molecule has 108 valence electrons. The predicted octanol–water partition coefficient (Wildman–Crippen LogP) is 4.32. The lowest BCUT2D eigenvalue weighted by atomic mass is 11.3. The Kier molecular flexibility index (Phi) is 5.31. The van der Waals surface area contributed by atoms with Crippen LogP contribution in [-0.4, -0.2) is 63.7 Å². The lowest BCUT2D eigenvalue weighted by molar-refractivity contribution is 0.645. The topological polar surface area (TPSA) is 6.48 Å². The van der Waals surface area contributed by atoms with Crippen molar-refractivity contribution in [3.63, 3.8) is 0 Å². The first-order valence-electron chi connectivity index (χ1n) is 6.80. The normalized spacial score (nSPS) is 34.0. The molecule has 0 aromatic heterocycles. The minimum Gasteiger partial charge on any atom is -0.288 e. The van der Waals surface area contributed by atoms with E-state index in [0.717, 1.165) is 10.0 Å². The summed E-state index contributed by atoms with van der Waals surface area (Å²) in [5.74, 6) is 0. The Morgan fingerprint density at radius 1 is 0.611 bits per heavy atom. The molecule has 0 radical (unpaired) electrons. The molecule has 0 bridgehead atoms. The average molecular weight is 323 g/mol. The van der Waals surface area contributed by atoms with Crippen LogP contribution in [0.1, 0.15) is 0 Å². The van der Waals surface area contributed by atoms with E-state index in [4.69, 9.17) is 0 Å². The highest BCUT2D eigenvalue weighted by molar-refractivity contribution is 7.96. The Labute approximate surface area is 119 Å². The molecule has 2 nitrogen and oxygen atoms in total. The van der Waals surface area contributed by atoms with Gasteiger partial charge in [0.2, 0.25) is 0 Å². The molecule has 1 rings (SSSR count). The van der Waals surface area contributed by atoms with Crippen molar-refractivity contribution in [2.45, 2.75) is 49.3 Å². The Bertz CT molecular complexity index is 259. The lowest BCUT2D eigenvalue weighted by Gasteiger charge is -2.64. The summed E-state index contributed by atoms with van der Waals surface area (Å²) in [5.41, 5.74) is 0. The van der Waals surface area contributed by atoms with Crippen LogP contribution in [0.3, 0.4) is 0 Å². The summed E-state index contributed by atoms with van der Waals surface area (Å²) in [6.45, 7) is 15.5. The van der Waals surface area contributed by atoms with Gasteiger partial charge in [-0.25, -0.2) is 0 Å². The molecule has 6 heteroatoms. The highest BCUT2D eigenvalue weighted by Crippen LogP contribution is 2.84. The molecule has 0 saturated carbocycles. The fraction of sp³-hybridized carbons (Fsp3) is 1.00. The molecule has 18 heavy (non-hydrogen) atoms. The van der Waals surface area contributed by atoms with Crippen LogP contribution >= 0.6 is 16.1 Å². The van der Waals surface area contributed by atoms with Gasteiger partial charge < -0.3 is 0 Å². The summed E-state index contributed by atoms with van der Waals surface area (Å²) in [4.78, 5) is 0. The lowest BCUT2D eigenvalue weighted by Crippen LogP contribution is -2.57. The third-order valence-corrected chi connectivity index (χ3v) is 25.7. The summed E-state index contributed by atoms with van der Waals surface area (Å²) >= 11 is 0. The van der Waals surface area contributed by atoms with Crippen molar-refractivity contribution in [2.24, 2.45) is 0 Å². The summed E-state index contributed by atoms with van der Waals surface area (Å²) < 4.78 is 5.20. The molecule has 1 fully saturated rings. The van der Waals surface area contributed by atoms with Gasteiger partial charge in [0, 0.05) is 10.0 Å². The third kappa shape index (κ3) is 3.27. The van der Waals surface area contributed by atoms with E-state index >= 15 is 0 Å². The molecule has 0 aliphatic carbocycles. The summed E-state index contributed by atoms with van der Waals surface area (Å²) in [7, 11) is 7.44. The van der Waals surface area contributed by atoms with E-state index in [0.29, 0.717) is 0 Å². The van der Waals surface area contributed by atoms with Crippen LogP contribution in [-0.2, 0) is 0 Å². The van der Waals surface area contributed by atoms with Gasteiger partial charge in [-0.15, -0.1) is 0 Å². The van der Waals surface area contributed by atoms with Crippen molar-refractivity contribution in [1.29, 1.82) is 0 Å². The number of nitrogens with zero attached hydrogens (tertiary/aromatic N) is 2. The van der Waals surface area contributed by atoms with Crippen molar-refractivity contribution < 1.29 is 0 Å². The SMILES string of the molecule is CN(C)P1C([Si](C)(C)C)P(N(C)C)C1[Si](C)(C)C. The van der Waals surface area contributed by atoms with Gasteiger partial charge in [-0.1, -0.05) is 39.3 Å². The molecule has 0 unspecified atom stereocenters. The van der Waals surface area contributed by atoms with E-state index in [2.05, 4.69) is 76.8 Å². The molecule has 0 aromatic rings. The summed E-state index contributed by atoms with van der Waals surface area (Å²) in [5, 5.41) is 2.09. The van der Waals surface area contributed by atoms with Gasteiger partial charge in [0.25, 0.3) is 0 Å². The third-order valence-electron chi connectivity index (χ3n) is 3.48. The van der Waals surface area contributed by atoms with Crippen LogP contribution in [0, 0.1) is 0 Å². The van der Waals surface area contributed by atoms with E-state index in [1.54, 1.807) is 0 Å². The van der Waals surface area contributed by atoms with Crippen molar-refractivity contribution >= 4 is 32.3 Å². The van der Waals surface area contributed by atoms with E-state index in [-0.39, 0.29) is 16.1 Å². The van der Waals surface area contributed by atoms with Gasteiger partial charge in [-0.2, -0.15) is 0 Å². The van der Waals surface area contributed by atoms with Crippen LogP contribution < -0.4 is 0 Å². The maximum absolute atomic E-state index is 2.60. The first-order chi connectivity index (χ1) is 7.89. The minimum absolute atomic E-state index is 0.112. The van der Waals surface area contributed by atoms with Crippen molar-refractivity contribution in [3.05, 3.63) is 0 Å². The Morgan fingerprint density at radius 3 is 0.944 bits per heavy atom. The highest BCUT2D eigenvalue weighted by atomic mass is 31.2. The van der Waals surface area contributed by atoms with Gasteiger partial charge >= 0.3 is 0 Å². The zero-order valence-electron chi connectivity index (χ0n) is 13.9. The molecule has 1 saturated heterocycles. The smallest absolute Gasteiger partial charge is 0.0603 e. The van der Waals surface area contributed by atoms with Gasteiger partial charge in [0.05, 0.1) is 16.1 Å². The molecular formula is C12H32N2P2Si2. The number of hydrogen-bond donors (Lipinski definition) is 0. The summed E-state index contributed by atoms with van der Waals surface area (Å²) in [6.07, 6.45) is 0. The fourth-order valence-corrected chi connectivity index (χ4v) is 29.9. The molecule has 0 N–H and O–H groups in total. The van der Waals surface area contributed by atoms with E-state index in [1.807, 2.05) is 0 Å². The molecule has 1 aliphatic rings. The van der Waals surface area contributed by atoms with Crippen molar-refractivity contribution in [2.75, 3.05) is 28.2 Å². The van der Waals surface area contributed by atoms with Gasteiger partial charge in [-0.05, 0) is 44.3 Å². The number of hydrogen-bond acceptors (Lipinski definition) is 2. The first-order valence-corrected chi connectivity index (χ1v) is 16.8. The zero-order valence-corrected chi connectivity index (χ0v) is 17.7. The summed E-state index contributed by atoms with van der Waals surface area (Å²) in [6, 6.07) is 0. The molecule has 0 aromatic carbocycles. The Hall–Kier alpha value is 1.21. The van der Waals surface area contributed by atoms with Crippen molar-refractivity contribution in [1.82, 2.24) is 9.34 Å². The van der Waals surface area contributed by atoms with E-state index < -0.39 is 16.1 Å². The quantitative estimate of drug-likeness (QED) is 0.562. The molecule has 1 heterocycles. The second-order valence-electron chi connectivity index (χ2n) is 7.93. The first kappa shape index (κ1) is 17.3. The van der Waals surface area contributed by atoms with Crippen molar-refractivity contribution in [3.8, 4) is 0 Å². The van der Waals surface area contributed by atoms with E-state index in [9.17, 15) is 0 Å². The Balaban J connectivity index is 3.11. The van der Waals surface area contributed by atoms with Gasteiger partial charge in [-0.3, -0.25) is 9.34 Å². The van der Waals surface area contributed by atoms with Crippen LogP contribution in [0.4, 0.5) is 0 Å². The Morgan fingerprint density at radius 2 is 0.833 bits per heavy atom. The molecule has 0 atom stereocenters. The van der Waals surface area contributed by atoms with Gasteiger partial charge in [0.1, 0.15) is 0 Å². The molecular weight excluding hydrogens is 290 g/mol.